The van der Waals surface area contributed by atoms with Gasteiger partial charge < -0.3 is 10.4 Å². The van der Waals surface area contributed by atoms with Crippen LogP contribution in [-0.2, 0) is 4.79 Å². The second kappa shape index (κ2) is 6.89. The monoisotopic (exact) mass is 392 g/mol. The van der Waals surface area contributed by atoms with Crippen LogP contribution in [0.1, 0.15) is 13.3 Å². The lowest BCUT2D eigenvalue weighted by Crippen LogP contribution is -2.47. The molecule has 2 rings (SSSR count). The zero-order chi connectivity index (χ0) is 15.6. The summed E-state index contributed by atoms with van der Waals surface area (Å²) in [7, 11) is 0. The Kier molecular flexibility index (Phi) is 5.40. The second-order valence-corrected chi connectivity index (χ2v) is 7.05. The molecule has 21 heavy (non-hydrogen) atoms. The molecule has 5 nitrogen and oxygen atoms in total. The molecule has 0 bridgehead atoms. The molecule has 2 unspecified atom stereocenters. The number of amides is 2. The topological polar surface area (TPSA) is 69.6 Å². The van der Waals surface area contributed by atoms with E-state index in [1.54, 1.807) is 18.2 Å². The Labute approximate surface area is 140 Å². The van der Waals surface area contributed by atoms with E-state index in [9.17, 15) is 14.7 Å². The standard InChI is InChI=1S/C13H14BrClN2O3S/c1-2-11-17(10(6-21-11)12(18)19)13(20)16-9-4-3-7(14)5-8(9)15/h3-5,10-11H,2,6H2,1H3,(H,16,20)(H,18,19). The summed E-state index contributed by atoms with van der Waals surface area (Å²) in [5, 5.41) is 12.2. The van der Waals surface area contributed by atoms with Crippen molar-refractivity contribution in [2.45, 2.75) is 24.8 Å². The summed E-state index contributed by atoms with van der Waals surface area (Å²) in [6.45, 7) is 1.93. The van der Waals surface area contributed by atoms with E-state index in [0.29, 0.717) is 22.9 Å². The van der Waals surface area contributed by atoms with Crippen LogP contribution in [0.4, 0.5) is 10.5 Å². The molecule has 1 aromatic rings. The lowest BCUT2D eigenvalue weighted by molar-refractivity contribution is -0.141. The normalized spacial score (nSPS) is 21.4. The van der Waals surface area contributed by atoms with Gasteiger partial charge in [0.2, 0.25) is 0 Å². The number of carbonyl (C=O) groups is 2. The largest absolute Gasteiger partial charge is 0.480 e. The number of halogens is 2. The number of nitrogens with zero attached hydrogens (tertiary/aromatic N) is 1. The van der Waals surface area contributed by atoms with E-state index in [1.165, 1.54) is 16.7 Å². The average Bonchev–Trinajstić information content (AvgIpc) is 2.86. The third-order valence-electron chi connectivity index (χ3n) is 3.13. The van der Waals surface area contributed by atoms with Crippen LogP contribution in [0.5, 0.6) is 0 Å². The van der Waals surface area contributed by atoms with Gasteiger partial charge in [-0.05, 0) is 24.6 Å². The Bertz CT molecular complexity index is 572. The summed E-state index contributed by atoms with van der Waals surface area (Å²) in [6, 6.07) is 3.84. The Hall–Kier alpha value is -0.920. The summed E-state index contributed by atoms with van der Waals surface area (Å²) in [4.78, 5) is 25.1. The fourth-order valence-corrected chi connectivity index (χ4v) is 4.18. The molecule has 1 fully saturated rings. The molecule has 1 aromatic carbocycles. The van der Waals surface area contributed by atoms with E-state index < -0.39 is 18.0 Å². The number of carbonyl (C=O) groups excluding carboxylic acids is 1. The van der Waals surface area contributed by atoms with Gasteiger partial charge in [-0.1, -0.05) is 34.5 Å². The van der Waals surface area contributed by atoms with E-state index in [-0.39, 0.29) is 5.37 Å². The summed E-state index contributed by atoms with van der Waals surface area (Å²) >= 11 is 10.8. The summed E-state index contributed by atoms with van der Waals surface area (Å²) in [5.74, 6) is -0.592. The number of thioether (sulfide) groups is 1. The lowest BCUT2D eigenvalue weighted by Gasteiger charge is -2.27. The number of hydrogen-bond acceptors (Lipinski definition) is 3. The van der Waals surface area contributed by atoms with Gasteiger partial charge in [0.15, 0.2) is 0 Å². The van der Waals surface area contributed by atoms with Crippen molar-refractivity contribution in [3.05, 3.63) is 27.7 Å². The van der Waals surface area contributed by atoms with Crippen molar-refractivity contribution in [3.8, 4) is 0 Å². The van der Waals surface area contributed by atoms with Gasteiger partial charge in [-0.25, -0.2) is 9.59 Å². The first-order valence-electron chi connectivity index (χ1n) is 6.32. The summed E-state index contributed by atoms with van der Waals surface area (Å²) in [5.41, 5.74) is 0.459. The number of rotatable bonds is 3. The molecule has 0 radical (unpaired) electrons. The van der Waals surface area contributed by atoms with E-state index in [0.717, 1.165) is 4.47 Å². The fraction of sp³-hybridized carbons (Fsp3) is 0.385. The third kappa shape index (κ3) is 3.64. The molecule has 114 valence electrons. The molecule has 1 aliphatic rings. The van der Waals surface area contributed by atoms with Gasteiger partial charge in [0.1, 0.15) is 6.04 Å². The van der Waals surface area contributed by atoms with Crippen molar-refractivity contribution in [1.82, 2.24) is 4.90 Å². The number of aliphatic carboxylic acids is 1. The van der Waals surface area contributed by atoms with Gasteiger partial charge in [0.05, 0.1) is 16.1 Å². The minimum absolute atomic E-state index is 0.139. The molecule has 1 heterocycles. The Balaban J connectivity index is 2.18. The molecule has 2 amide bonds. The quantitative estimate of drug-likeness (QED) is 0.818. The van der Waals surface area contributed by atoms with Crippen LogP contribution in [0.15, 0.2) is 22.7 Å². The summed E-state index contributed by atoms with van der Waals surface area (Å²) < 4.78 is 0.803. The molecule has 1 aliphatic heterocycles. The van der Waals surface area contributed by atoms with Crippen LogP contribution >= 0.6 is 39.3 Å². The number of hydrogen-bond donors (Lipinski definition) is 2. The molecule has 0 spiro atoms. The Morgan fingerprint density at radius 1 is 1.57 bits per heavy atom. The average molecular weight is 394 g/mol. The zero-order valence-electron chi connectivity index (χ0n) is 11.2. The van der Waals surface area contributed by atoms with Crippen molar-refractivity contribution >= 4 is 57.0 Å². The van der Waals surface area contributed by atoms with Crippen LogP contribution < -0.4 is 5.32 Å². The molecule has 0 aromatic heterocycles. The van der Waals surface area contributed by atoms with Crippen molar-refractivity contribution < 1.29 is 14.7 Å². The van der Waals surface area contributed by atoms with E-state index >= 15 is 0 Å². The number of carboxylic acids is 1. The molecule has 2 N–H and O–H groups in total. The summed E-state index contributed by atoms with van der Waals surface area (Å²) in [6.07, 6.45) is 0.690. The number of benzene rings is 1. The number of nitrogens with one attached hydrogen (secondary N) is 1. The molecule has 8 heteroatoms. The smallest absolute Gasteiger partial charge is 0.327 e. The molecule has 0 saturated carbocycles. The van der Waals surface area contributed by atoms with Gasteiger partial charge in [0.25, 0.3) is 0 Å². The van der Waals surface area contributed by atoms with Crippen LogP contribution in [0, 0.1) is 0 Å². The van der Waals surface area contributed by atoms with E-state index in [1.807, 2.05) is 6.92 Å². The predicted octanol–water partition coefficient (Wildman–Crippen LogP) is 3.87. The Morgan fingerprint density at radius 3 is 2.86 bits per heavy atom. The van der Waals surface area contributed by atoms with Crippen molar-refractivity contribution in [2.24, 2.45) is 0 Å². The van der Waals surface area contributed by atoms with Crippen LogP contribution in [0.2, 0.25) is 5.02 Å². The lowest BCUT2D eigenvalue weighted by atomic mass is 10.2. The molecule has 0 aliphatic carbocycles. The minimum atomic E-state index is -0.990. The van der Waals surface area contributed by atoms with Crippen LogP contribution in [0.25, 0.3) is 0 Å². The third-order valence-corrected chi connectivity index (χ3v) is 5.39. The minimum Gasteiger partial charge on any atom is -0.480 e. The van der Waals surface area contributed by atoms with E-state index in [4.69, 9.17) is 11.6 Å². The van der Waals surface area contributed by atoms with Crippen molar-refractivity contribution in [3.63, 3.8) is 0 Å². The van der Waals surface area contributed by atoms with Crippen LogP contribution in [0.3, 0.4) is 0 Å². The predicted molar refractivity (Wildman–Crippen MR) is 88.0 cm³/mol. The molecular formula is C13H14BrClN2O3S. The van der Waals surface area contributed by atoms with Crippen molar-refractivity contribution in [2.75, 3.05) is 11.1 Å². The molecule has 1 saturated heterocycles. The maximum atomic E-state index is 12.4. The molecular weight excluding hydrogens is 380 g/mol. The van der Waals surface area contributed by atoms with Crippen molar-refractivity contribution in [1.29, 1.82) is 0 Å². The van der Waals surface area contributed by atoms with Gasteiger partial charge in [-0.3, -0.25) is 4.90 Å². The number of anilines is 1. The first kappa shape index (κ1) is 16.5. The highest BCUT2D eigenvalue weighted by atomic mass is 79.9. The van der Waals surface area contributed by atoms with Gasteiger partial charge in [-0.2, -0.15) is 0 Å². The number of urea groups is 1. The highest BCUT2D eigenvalue weighted by molar-refractivity contribution is 9.10. The first-order valence-corrected chi connectivity index (χ1v) is 8.54. The van der Waals surface area contributed by atoms with Gasteiger partial charge >= 0.3 is 12.0 Å². The highest BCUT2D eigenvalue weighted by Crippen LogP contribution is 2.33. The maximum absolute atomic E-state index is 12.4. The zero-order valence-corrected chi connectivity index (χ0v) is 14.3. The highest BCUT2D eigenvalue weighted by Gasteiger charge is 2.40. The Morgan fingerprint density at radius 2 is 2.29 bits per heavy atom. The van der Waals surface area contributed by atoms with Gasteiger partial charge in [0, 0.05) is 10.2 Å². The van der Waals surface area contributed by atoms with E-state index in [2.05, 4.69) is 21.2 Å². The fourth-order valence-electron chi connectivity index (χ4n) is 2.11. The second-order valence-electron chi connectivity index (χ2n) is 4.51. The first-order chi connectivity index (χ1) is 9.93. The number of carboxylic acid groups (broad SMARTS) is 1. The van der Waals surface area contributed by atoms with Gasteiger partial charge in [-0.15, -0.1) is 11.8 Å². The maximum Gasteiger partial charge on any atom is 0.327 e. The van der Waals surface area contributed by atoms with Crippen LogP contribution in [-0.4, -0.2) is 39.2 Å². The SMILES string of the molecule is CCC1SCC(C(=O)O)N1C(=O)Nc1ccc(Br)cc1Cl. The molecule has 2 atom stereocenters.